The zero-order valence-electron chi connectivity index (χ0n) is 21.0. The smallest absolute Gasteiger partial charge is 0.0657 e. The maximum Gasteiger partial charge on any atom is 0.0657 e. The van der Waals surface area contributed by atoms with Crippen LogP contribution in [0.4, 0.5) is 0 Å². The first kappa shape index (κ1) is 22.9. The van der Waals surface area contributed by atoms with Gasteiger partial charge in [0.2, 0.25) is 0 Å². The minimum Gasteiger partial charge on any atom is -0.390 e. The van der Waals surface area contributed by atoms with Crippen molar-refractivity contribution in [2.24, 2.45) is 46.3 Å². The van der Waals surface area contributed by atoms with Crippen LogP contribution in [0, 0.1) is 46.3 Å². The summed E-state index contributed by atoms with van der Waals surface area (Å²) < 4.78 is 0. The molecule has 172 valence electrons. The lowest BCUT2D eigenvalue weighted by Gasteiger charge is -2.59. The molecule has 0 aromatic rings. The molecule has 1 nitrogen and oxygen atoms in total. The largest absolute Gasteiger partial charge is 0.390 e. The lowest BCUT2D eigenvalue weighted by atomic mass is 9.46. The van der Waals surface area contributed by atoms with Gasteiger partial charge in [0.15, 0.2) is 0 Å². The molecule has 1 heteroatoms. The maximum atomic E-state index is 10.7. The zero-order valence-corrected chi connectivity index (χ0v) is 21.0. The molecular weight excluding hydrogens is 364 g/mol. The average molecular weight is 415 g/mol. The van der Waals surface area contributed by atoms with Crippen LogP contribution in [0.5, 0.6) is 0 Å². The second-order valence-corrected chi connectivity index (χ2v) is 13.1. The Morgan fingerprint density at radius 3 is 2.50 bits per heavy atom. The molecule has 0 radical (unpaired) electrons. The van der Waals surface area contributed by atoms with Crippen molar-refractivity contribution >= 4 is 0 Å². The van der Waals surface area contributed by atoms with Crippen molar-refractivity contribution in [3.8, 4) is 0 Å². The number of allylic oxidation sites excluding steroid dienone is 1. The van der Waals surface area contributed by atoms with Gasteiger partial charge < -0.3 is 5.11 Å². The van der Waals surface area contributed by atoms with E-state index in [1.165, 1.54) is 64.2 Å². The van der Waals surface area contributed by atoms with E-state index in [1.54, 1.807) is 5.57 Å². The van der Waals surface area contributed by atoms with Crippen LogP contribution < -0.4 is 0 Å². The highest BCUT2D eigenvalue weighted by molar-refractivity contribution is 5.26. The van der Waals surface area contributed by atoms with E-state index in [0.29, 0.717) is 10.8 Å². The summed E-state index contributed by atoms with van der Waals surface area (Å²) in [5, 5.41) is 10.7. The second kappa shape index (κ2) is 8.24. The molecule has 4 rings (SSSR count). The van der Waals surface area contributed by atoms with Gasteiger partial charge in [-0.05, 0) is 105 Å². The van der Waals surface area contributed by atoms with Gasteiger partial charge in [-0.3, -0.25) is 0 Å². The standard InChI is InChI=1S/C29H50O/c1-7-20(2)9-8-10-21(3)24-13-14-25-23-12-11-22-19-27(4,30)17-18-28(22,5)26(23)15-16-29(24,25)6/h11,20-21,23-26,30H,7-10,12-19H2,1-6H3/t20-,21-,23+,24-,25+,26+,27+,28+,29-/m1/s1. The van der Waals surface area contributed by atoms with Gasteiger partial charge in [-0.1, -0.05) is 72.0 Å². The van der Waals surface area contributed by atoms with Gasteiger partial charge in [-0.2, -0.15) is 0 Å². The predicted molar refractivity (Wildman–Crippen MR) is 128 cm³/mol. The molecule has 0 aromatic carbocycles. The summed E-state index contributed by atoms with van der Waals surface area (Å²) >= 11 is 0. The van der Waals surface area contributed by atoms with E-state index in [2.05, 4.69) is 47.6 Å². The van der Waals surface area contributed by atoms with Crippen LogP contribution in [0.1, 0.15) is 119 Å². The van der Waals surface area contributed by atoms with Gasteiger partial charge >= 0.3 is 0 Å². The molecule has 4 aliphatic carbocycles. The van der Waals surface area contributed by atoms with Crippen molar-refractivity contribution in [3.05, 3.63) is 11.6 Å². The SMILES string of the molecule is CC[C@@H](C)CCC[C@@H](C)[C@H]1CC[C@H]2[C@@H]3CC=C4C[C@@](C)(O)CC[C@]4(C)[C@H]3CC[C@]12C. The molecule has 0 heterocycles. The maximum absolute atomic E-state index is 10.7. The topological polar surface area (TPSA) is 20.2 Å². The van der Waals surface area contributed by atoms with Gasteiger partial charge in [0.1, 0.15) is 0 Å². The molecule has 1 N–H and O–H groups in total. The molecule has 3 saturated carbocycles. The number of aliphatic hydroxyl groups is 1. The van der Waals surface area contributed by atoms with Gasteiger partial charge in [-0.25, -0.2) is 0 Å². The number of hydrogen-bond donors (Lipinski definition) is 1. The third-order valence-electron chi connectivity index (χ3n) is 11.2. The van der Waals surface area contributed by atoms with Gasteiger partial charge in [0.05, 0.1) is 5.60 Å². The summed E-state index contributed by atoms with van der Waals surface area (Å²) in [5.41, 5.74) is 2.09. The highest BCUT2D eigenvalue weighted by Crippen LogP contribution is 2.67. The third-order valence-corrected chi connectivity index (χ3v) is 11.2. The number of hydrogen-bond acceptors (Lipinski definition) is 1. The molecule has 0 unspecified atom stereocenters. The van der Waals surface area contributed by atoms with Crippen molar-refractivity contribution in [1.29, 1.82) is 0 Å². The molecule has 0 bridgehead atoms. The first-order valence-electron chi connectivity index (χ1n) is 13.5. The van der Waals surface area contributed by atoms with E-state index in [0.717, 1.165) is 48.3 Å². The van der Waals surface area contributed by atoms with Crippen LogP contribution in [-0.2, 0) is 0 Å². The fraction of sp³-hybridized carbons (Fsp3) is 0.931. The van der Waals surface area contributed by atoms with Crippen LogP contribution in [0.25, 0.3) is 0 Å². The van der Waals surface area contributed by atoms with Crippen molar-refractivity contribution in [1.82, 2.24) is 0 Å². The fourth-order valence-electron chi connectivity index (χ4n) is 8.97. The summed E-state index contributed by atoms with van der Waals surface area (Å²) in [7, 11) is 0. The van der Waals surface area contributed by atoms with Crippen molar-refractivity contribution < 1.29 is 5.11 Å². The predicted octanol–water partition coefficient (Wildman–Crippen LogP) is 8.17. The minimum absolute atomic E-state index is 0.368. The van der Waals surface area contributed by atoms with Crippen LogP contribution in [0.2, 0.25) is 0 Å². The van der Waals surface area contributed by atoms with Gasteiger partial charge in [-0.15, -0.1) is 0 Å². The normalized spacial score (nSPS) is 47.6. The Morgan fingerprint density at radius 2 is 1.77 bits per heavy atom. The summed E-state index contributed by atoms with van der Waals surface area (Å²) in [4.78, 5) is 0. The monoisotopic (exact) mass is 414 g/mol. The lowest BCUT2D eigenvalue weighted by Crippen LogP contribution is -2.52. The van der Waals surface area contributed by atoms with Crippen LogP contribution >= 0.6 is 0 Å². The lowest BCUT2D eigenvalue weighted by molar-refractivity contribution is -0.0705. The third kappa shape index (κ3) is 3.84. The van der Waals surface area contributed by atoms with Crippen molar-refractivity contribution in [3.63, 3.8) is 0 Å². The number of rotatable bonds is 6. The van der Waals surface area contributed by atoms with Crippen LogP contribution in [0.3, 0.4) is 0 Å². The van der Waals surface area contributed by atoms with Gasteiger partial charge in [0.25, 0.3) is 0 Å². The van der Waals surface area contributed by atoms with Crippen LogP contribution in [-0.4, -0.2) is 10.7 Å². The Kier molecular flexibility index (Phi) is 6.28. The zero-order chi connectivity index (χ0) is 21.7. The molecule has 0 aliphatic heterocycles. The van der Waals surface area contributed by atoms with Gasteiger partial charge in [0, 0.05) is 0 Å². The summed E-state index contributed by atoms with van der Waals surface area (Å²) in [6, 6.07) is 0. The van der Waals surface area contributed by atoms with E-state index in [-0.39, 0.29) is 0 Å². The molecule has 0 saturated heterocycles. The van der Waals surface area contributed by atoms with E-state index < -0.39 is 5.60 Å². The first-order valence-corrected chi connectivity index (χ1v) is 13.5. The van der Waals surface area contributed by atoms with E-state index >= 15 is 0 Å². The average Bonchev–Trinajstić information content (AvgIpc) is 3.05. The Morgan fingerprint density at radius 1 is 1.00 bits per heavy atom. The Bertz CT molecular complexity index is 647. The Labute approximate surface area is 187 Å². The van der Waals surface area contributed by atoms with Crippen molar-refractivity contribution in [2.75, 3.05) is 0 Å². The molecule has 0 spiro atoms. The first-order chi connectivity index (χ1) is 14.1. The minimum atomic E-state index is -0.468. The Balaban J connectivity index is 1.47. The highest BCUT2D eigenvalue weighted by Gasteiger charge is 2.59. The molecule has 4 aliphatic rings. The highest BCUT2D eigenvalue weighted by atomic mass is 16.3. The molecule has 0 amide bonds. The summed E-state index contributed by atoms with van der Waals surface area (Å²) in [6.45, 7) is 14.7. The quantitative estimate of drug-likeness (QED) is 0.434. The molecule has 0 aromatic heterocycles. The fourth-order valence-corrected chi connectivity index (χ4v) is 8.97. The molecule has 30 heavy (non-hydrogen) atoms. The van der Waals surface area contributed by atoms with E-state index in [4.69, 9.17) is 0 Å². The summed E-state index contributed by atoms with van der Waals surface area (Å²) in [5.74, 6) is 5.46. The molecular formula is C29H50O. The summed E-state index contributed by atoms with van der Waals surface area (Å²) in [6.07, 6.45) is 18.5. The molecule has 3 fully saturated rings. The number of fused-ring (bicyclic) bond motifs is 5. The van der Waals surface area contributed by atoms with Crippen molar-refractivity contribution in [2.45, 2.75) is 124 Å². The second-order valence-electron chi connectivity index (χ2n) is 13.1. The van der Waals surface area contributed by atoms with E-state index in [9.17, 15) is 5.11 Å². The molecule has 9 atom stereocenters. The van der Waals surface area contributed by atoms with E-state index in [1.807, 2.05) is 0 Å². The Hall–Kier alpha value is -0.300. The van der Waals surface area contributed by atoms with Crippen LogP contribution in [0.15, 0.2) is 11.6 Å².